The maximum atomic E-state index is 12.6. The van der Waals surface area contributed by atoms with Crippen LogP contribution in [0.3, 0.4) is 0 Å². The molecule has 2 rings (SSSR count). The van der Waals surface area contributed by atoms with Crippen LogP contribution in [0.2, 0.25) is 0 Å². The lowest BCUT2D eigenvalue weighted by molar-refractivity contribution is -0.140. The number of halogens is 1. The number of methoxy groups -OCH3 is 1. The fraction of sp³-hybridized carbons (Fsp3) is 0.312. The highest BCUT2D eigenvalue weighted by Gasteiger charge is 2.25. The highest BCUT2D eigenvalue weighted by Crippen LogP contribution is 2.27. The Bertz CT molecular complexity index is 720. The second-order valence-corrected chi connectivity index (χ2v) is 7.98. The second kappa shape index (κ2) is 7.24. The van der Waals surface area contributed by atoms with Crippen LogP contribution in [0.4, 0.5) is 0 Å². The van der Waals surface area contributed by atoms with Crippen molar-refractivity contribution in [3.8, 4) is 0 Å². The van der Waals surface area contributed by atoms with E-state index in [0.29, 0.717) is 17.3 Å². The quantitative estimate of drug-likeness (QED) is 0.731. The van der Waals surface area contributed by atoms with E-state index in [1.165, 1.54) is 7.11 Å². The number of allylic oxidation sites excluding steroid dienone is 3. The van der Waals surface area contributed by atoms with E-state index in [4.69, 9.17) is 0 Å². The summed E-state index contributed by atoms with van der Waals surface area (Å²) in [7, 11) is -2.05. The van der Waals surface area contributed by atoms with Gasteiger partial charge in [0.2, 0.25) is 0 Å². The molecule has 1 aliphatic rings. The lowest BCUT2D eigenvalue weighted by Crippen LogP contribution is -2.19. The summed E-state index contributed by atoms with van der Waals surface area (Å²) in [5.74, 6) is -0.289. The van der Waals surface area contributed by atoms with Crippen LogP contribution in [-0.4, -0.2) is 26.7 Å². The van der Waals surface area contributed by atoms with Crippen molar-refractivity contribution in [3.05, 3.63) is 52.5 Å². The summed E-state index contributed by atoms with van der Waals surface area (Å²) < 4.78 is 30.5. The van der Waals surface area contributed by atoms with Gasteiger partial charge < -0.3 is 4.74 Å². The molecule has 0 fully saturated rings. The molecule has 0 bridgehead atoms. The third kappa shape index (κ3) is 3.87. The predicted octanol–water partition coefficient (Wildman–Crippen LogP) is 3.21. The Morgan fingerprint density at radius 1 is 1.36 bits per heavy atom. The maximum absolute atomic E-state index is 12.6. The zero-order valence-electron chi connectivity index (χ0n) is 12.2. The molecule has 1 atom stereocenters. The van der Waals surface area contributed by atoms with Gasteiger partial charge in [0, 0.05) is 10.9 Å². The van der Waals surface area contributed by atoms with E-state index in [9.17, 15) is 13.2 Å². The van der Waals surface area contributed by atoms with Crippen LogP contribution in [0.15, 0.2) is 51.9 Å². The largest absolute Gasteiger partial charge is 0.469 e. The van der Waals surface area contributed by atoms with Crippen molar-refractivity contribution in [1.29, 1.82) is 0 Å². The first-order valence-corrected chi connectivity index (χ1v) is 9.21. The van der Waals surface area contributed by atoms with Crippen molar-refractivity contribution in [1.82, 2.24) is 0 Å². The van der Waals surface area contributed by atoms with Crippen molar-refractivity contribution >= 4 is 31.7 Å². The Labute approximate surface area is 138 Å². The molecule has 0 N–H and O–H groups in total. The maximum Gasteiger partial charge on any atom is 0.305 e. The number of hydrogen-bond donors (Lipinski definition) is 0. The zero-order valence-corrected chi connectivity index (χ0v) is 14.6. The highest BCUT2D eigenvalue weighted by atomic mass is 79.9. The van der Waals surface area contributed by atoms with Gasteiger partial charge in [-0.15, -0.1) is 0 Å². The summed E-state index contributed by atoms with van der Waals surface area (Å²) in [5.41, 5.74) is 0.878. The molecule has 1 unspecified atom stereocenters. The van der Waals surface area contributed by atoms with E-state index in [2.05, 4.69) is 20.7 Å². The summed E-state index contributed by atoms with van der Waals surface area (Å²) in [4.78, 5) is 11.5. The van der Waals surface area contributed by atoms with E-state index in [0.717, 1.165) is 5.56 Å². The number of benzene rings is 1. The van der Waals surface area contributed by atoms with E-state index in [-0.39, 0.29) is 17.3 Å². The number of carbonyl (C=O) groups excluding carboxylic acids is 1. The summed E-state index contributed by atoms with van der Waals surface area (Å²) >= 11 is 3.39. The average Bonchev–Trinajstić information content (AvgIpc) is 2.54. The van der Waals surface area contributed by atoms with Crippen LogP contribution in [0.5, 0.6) is 0 Å². The Hall–Kier alpha value is -1.40. The van der Waals surface area contributed by atoms with Crippen LogP contribution < -0.4 is 0 Å². The third-order valence-corrected chi connectivity index (χ3v) is 6.32. The number of ether oxygens (including phenoxy) is 1. The Morgan fingerprint density at radius 3 is 2.73 bits per heavy atom. The molecule has 1 aromatic carbocycles. The predicted molar refractivity (Wildman–Crippen MR) is 88.3 cm³/mol. The molecule has 4 nitrogen and oxygen atoms in total. The van der Waals surface area contributed by atoms with Gasteiger partial charge in [-0.2, -0.15) is 0 Å². The average molecular weight is 385 g/mol. The van der Waals surface area contributed by atoms with E-state index in [1.807, 2.05) is 12.2 Å². The van der Waals surface area contributed by atoms with Crippen molar-refractivity contribution < 1.29 is 17.9 Å². The number of hydrogen-bond acceptors (Lipinski definition) is 4. The van der Waals surface area contributed by atoms with Crippen molar-refractivity contribution in [3.63, 3.8) is 0 Å². The first-order valence-electron chi connectivity index (χ1n) is 6.87. The van der Waals surface area contributed by atoms with Crippen LogP contribution in [0.25, 0.3) is 0 Å². The van der Waals surface area contributed by atoms with Gasteiger partial charge in [-0.25, -0.2) is 8.42 Å². The fourth-order valence-electron chi connectivity index (χ4n) is 2.21. The summed E-state index contributed by atoms with van der Waals surface area (Å²) in [6.07, 6.45) is 8.40. The van der Waals surface area contributed by atoms with Crippen molar-refractivity contribution in [2.75, 3.05) is 7.11 Å². The second-order valence-electron chi connectivity index (χ2n) is 4.96. The molecular formula is C16H17BrO4S. The number of rotatable bonds is 5. The topological polar surface area (TPSA) is 60.4 Å². The Morgan fingerprint density at radius 2 is 2.14 bits per heavy atom. The molecule has 0 heterocycles. The molecule has 0 aromatic heterocycles. The number of aryl methyl sites for hydroxylation is 1. The highest BCUT2D eigenvalue weighted by molar-refractivity contribution is 9.10. The molecule has 0 saturated heterocycles. The molecule has 1 aliphatic carbocycles. The van der Waals surface area contributed by atoms with Crippen LogP contribution in [0, 0.1) is 0 Å². The molecular weight excluding hydrogens is 368 g/mol. The van der Waals surface area contributed by atoms with Gasteiger partial charge in [-0.05, 0) is 30.5 Å². The van der Waals surface area contributed by atoms with Crippen molar-refractivity contribution in [2.24, 2.45) is 0 Å². The first kappa shape index (κ1) is 17.0. The van der Waals surface area contributed by atoms with Crippen LogP contribution in [-0.2, 0) is 25.8 Å². The Kier molecular flexibility index (Phi) is 5.58. The van der Waals surface area contributed by atoms with E-state index < -0.39 is 15.1 Å². The van der Waals surface area contributed by atoms with Gasteiger partial charge >= 0.3 is 5.97 Å². The minimum atomic E-state index is -3.40. The van der Waals surface area contributed by atoms with Crippen LogP contribution >= 0.6 is 15.9 Å². The fourth-order valence-corrected chi connectivity index (χ4v) is 4.49. The molecule has 1 aromatic rings. The molecule has 22 heavy (non-hydrogen) atoms. The molecule has 0 amide bonds. The monoisotopic (exact) mass is 384 g/mol. The van der Waals surface area contributed by atoms with E-state index in [1.54, 1.807) is 30.4 Å². The van der Waals surface area contributed by atoms with Crippen LogP contribution in [0.1, 0.15) is 18.4 Å². The molecule has 0 radical (unpaired) electrons. The van der Waals surface area contributed by atoms with Gasteiger partial charge in [0.25, 0.3) is 0 Å². The van der Waals surface area contributed by atoms with Crippen molar-refractivity contribution in [2.45, 2.75) is 29.4 Å². The number of sulfone groups is 1. The minimum Gasteiger partial charge on any atom is -0.469 e. The normalized spacial score (nSPS) is 17.5. The van der Waals surface area contributed by atoms with Gasteiger partial charge in [-0.3, -0.25) is 4.79 Å². The zero-order chi connectivity index (χ0) is 16.2. The standard InChI is InChI=1S/C16H17BrO4S/c1-21-16(18)10-8-12-7-9-14(11-15(12)17)22(19,20)13-5-3-2-4-6-13/h2-5,7,9,11,13H,6,8,10H2,1H3. The van der Waals surface area contributed by atoms with Gasteiger partial charge in [0.15, 0.2) is 9.84 Å². The number of esters is 1. The minimum absolute atomic E-state index is 0.261. The lowest BCUT2D eigenvalue weighted by atomic mass is 10.1. The molecule has 0 aliphatic heterocycles. The van der Waals surface area contributed by atoms with Gasteiger partial charge in [0.1, 0.15) is 0 Å². The lowest BCUT2D eigenvalue weighted by Gasteiger charge is -2.15. The summed E-state index contributed by atoms with van der Waals surface area (Å²) in [6.45, 7) is 0. The molecule has 118 valence electrons. The third-order valence-electron chi connectivity index (χ3n) is 3.52. The number of carbonyl (C=O) groups is 1. The van der Waals surface area contributed by atoms with Gasteiger partial charge in [0.05, 0.1) is 17.3 Å². The smallest absolute Gasteiger partial charge is 0.305 e. The Balaban J connectivity index is 2.19. The molecule has 0 saturated carbocycles. The van der Waals surface area contributed by atoms with Gasteiger partial charge in [-0.1, -0.05) is 46.3 Å². The summed E-state index contributed by atoms with van der Waals surface area (Å²) in [5, 5.41) is -0.523. The van der Waals surface area contributed by atoms with E-state index >= 15 is 0 Å². The molecule has 0 spiro atoms. The SMILES string of the molecule is COC(=O)CCc1ccc(S(=O)(=O)C2C=CC=CC2)cc1Br. The molecule has 6 heteroatoms. The summed E-state index contributed by atoms with van der Waals surface area (Å²) in [6, 6.07) is 4.94. The first-order chi connectivity index (χ1) is 10.4.